The summed E-state index contributed by atoms with van der Waals surface area (Å²) in [6.45, 7) is 4.07. The number of hydrogen-bond donors (Lipinski definition) is 2. The first kappa shape index (κ1) is 14.4. The molecule has 0 aromatic heterocycles. The van der Waals surface area contributed by atoms with Crippen molar-refractivity contribution in [1.82, 2.24) is 4.90 Å². The van der Waals surface area contributed by atoms with Crippen molar-refractivity contribution < 1.29 is 9.90 Å². The van der Waals surface area contributed by atoms with Crippen LogP contribution in [0.1, 0.15) is 19.4 Å². The fraction of sp³-hybridized carbons (Fsp3) is 0.385. The smallest absolute Gasteiger partial charge is 0.227 e. The largest absolute Gasteiger partial charge is 0.508 e. The Kier molecular flexibility index (Phi) is 5.09. The van der Waals surface area contributed by atoms with Gasteiger partial charge in [0.1, 0.15) is 5.75 Å². The average Bonchev–Trinajstić information content (AvgIpc) is 2.28. The van der Waals surface area contributed by atoms with Crippen LogP contribution >= 0.6 is 12.2 Å². The molecule has 5 heteroatoms. The second kappa shape index (κ2) is 6.35. The summed E-state index contributed by atoms with van der Waals surface area (Å²) in [7, 11) is 0. The zero-order valence-electron chi connectivity index (χ0n) is 10.6. The molecule has 0 bridgehead atoms. The van der Waals surface area contributed by atoms with E-state index in [1.807, 2.05) is 13.8 Å². The molecule has 0 atom stereocenters. The maximum Gasteiger partial charge on any atom is 0.227 e. The fourth-order valence-electron chi connectivity index (χ4n) is 1.65. The Hall–Kier alpha value is -1.62. The summed E-state index contributed by atoms with van der Waals surface area (Å²) in [4.78, 5) is 14.0. The number of rotatable bonds is 5. The molecular formula is C13H18N2O2S. The number of phenolic OH excluding ortho intramolecular Hbond substituents is 1. The highest BCUT2D eigenvalue weighted by atomic mass is 32.1. The van der Waals surface area contributed by atoms with Gasteiger partial charge in [0.15, 0.2) is 0 Å². The van der Waals surface area contributed by atoms with Gasteiger partial charge < -0.3 is 15.7 Å². The number of thiocarbonyl (C=S) groups is 1. The van der Waals surface area contributed by atoms with Crippen molar-refractivity contribution >= 4 is 23.1 Å². The van der Waals surface area contributed by atoms with Gasteiger partial charge in [-0.15, -0.1) is 0 Å². The van der Waals surface area contributed by atoms with Crippen LogP contribution in [0.25, 0.3) is 0 Å². The number of hydrogen-bond acceptors (Lipinski definition) is 3. The maximum absolute atomic E-state index is 12.1. The van der Waals surface area contributed by atoms with Crippen LogP contribution in [0.5, 0.6) is 5.75 Å². The third-order valence-corrected chi connectivity index (χ3v) is 2.73. The van der Waals surface area contributed by atoms with E-state index in [0.29, 0.717) is 5.56 Å². The van der Waals surface area contributed by atoms with Crippen LogP contribution in [-0.4, -0.2) is 33.5 Å². The van der Waals surface area contributed by atoms with E-state index < -0.39 is 0 Å². The molecule has 0 aliphatic rings. The van der Waals surface area contributed by atoms with E-state index in [4.69, 9.17) is 18.0 Å². The predicted molar refractivity (Wildman–Crippen MR) is 75.4 cm³/mol. The number of aromatic hydroxyl groups is 1. The Morgan fingerprint density at radius 3 is 2.56 bits per heavy atom. The highest BCUT2D eigenvalue weighted by Gasteiger charge is 2.18. The second-order valence-electron chi connectivity index (χ2n) is 4.39. The number of phenols is 1. The maximum atomic E-state index is 12.1. The zero-order valence-corrected chi connectivity index (χ0v) is 11.4. The summed E-state index contributed by atoms with van der Waals surface area (Å²) in [5, 5.41) is 9.64. The van der Waals surface area contributed by atoms with E-state index in [-0.39, 0.29) is 35.7 Å². The molecule has 1 aromatic rings. The summed E-state index contributed by atoms with van der Waals surface area (Å²) >= 11 is 4.84. The summed E-state index contributed by atoms with van der Waals surface area (Å²) in [5.41, 5.74) is 6.09. The Balaban J connectivity index is 2.79. The summed E-state index contributed by atoms with van der Waals surface area (Å²) in [6, 6.07) is 6.82. The molecule has 3 N–H and O–H groups in total. The third-order valence-electron chi connectivity index (χ3n) is 2.60. The van der Waals surface area contributed by atoms with Crippen LogP contribution in [-0.2, 0) is 11.2 Å². The van der Waals surface area contributed by atoms with Gasteiger partial charge in [0.2, 0.25) is 5.91 Å². The molecule has 0 fully saturated rings. The van der Waals surface area contributed by atoms with Crippen LogP contribution in [0.2, 0.25) is 0 Å². The molecule has 0 heterocycles. The Bertz CT molecular complexity index is 446. The number of nitrogens with two attached hydrogens (primary N) is 1. The molecule has 1 aromatic carbocycles. The van der Waals surface area contributed by atoms with E-state index >= 15 is 0 Å². The van der Waals surface area contributed by atoms with Crippen molar-refractivity contribution in [3.8, 4) is 5.75 Å². The molecular weight excluding hydrogens is 248 g/mol. The molecule has 0 radical (unpaired) electrons. The van der Waals surface area contributed by atoms with Gasteiger partial charge in [0.25, 0.3) is 0 Å². The van der Waals surface area contributed by atoms with Crippen molar-refractivity contribution in [3.05, 3.63) is 29.8 Å². The number of benzene rings is 1. The van der Waals surface area contributed by atoms with Crippen molar-refractivity contribution in [2.24, 2.45) is 5.73 Å². The summed E-state index contributed by atoms with van der Waals surface area (Å²) < 4.78 is 0. The number of carbonyl (C=O) groups is 1. The van der Waals surface area contributed by atoms with Crippen molar-refractivity contribution in [1.29, 1.82) is 0 Å². The van der Waals surface area contributed by atoms with E-state index in [1.54, 1.807) is 29.2 Å². The lowest BCUT2D eigenvalue weighted by atomic mass is 10.1. The minimum atomic E-state index is -0.0979. The standard InChI is InChI=1S/C13H18N2O2S/c1-9(2)15(8-12(14)18)13(17)7-10-5-3-4-6-11(10)16/h3-6,9,16H,7-8H2,1-2H3,(H2,14,18). The quantitative estimate of drug-likeness (QED) is 0.792. The van der Waals surface area contributed by atoms with Crippen LogP contribution in [0.4, 0.5) is 0 Å². The fourth-order valence-corrected chi connectivity index (χ4v) is 1.79. The van der Waals surface area contributed by atoms with Gasteiger partial charge >= 0.3 is 0 Å². The summed E-state index contributed by atoms with van der Waals surface area (Å²) in [6.07, 6.45) is 0.146. The van der Waals surface area contributed by atoms with Gasteiger partial charge in [-0.3, -0.25) is 4.79 Å². The number of carbonyl (C=O) groups excluding carboxylic acids is 1. The van der Waals surface area contributed by atoms with Crippen LogP contribution in [0, 0.1) is 0 Å². The normalized spacial score (nSPS) is 10.4. The monoisotopic (exact) mass is 266 g/mol. The highest BCUT2D eigenvalue weighted by Crippen LogP contribution is 2.17. The molecule has 1 rings (SSSR count). The minimum Gasteiger partial charge on any atom is -0.508 e. The number of nitrogens with zero attached hydrogens (tertiary/aromatic N) is 1. The van der Waals surface area contributed by atoms with Crippen molar-refractivity contribution in [3.63, 3.8) is 0 Å². The first-order valence-corrected chi connectivity index (χ1v) is 6.17. The lowest BCUT2D eigenvalue weighted by Crippen LogP contribution is -2.42. The third kappa shape index (κ3) is 4.00. The molecule has 0 aliphatic carbocycles. The van der Waals surface area contributed by atoms with Crippen LogP contribution in [0.3, 0.4) is 0 Å². The molecule has 0 spiro atoms. The van der Waals surface area contributed by atoms with E-state index in [9.17, 15) is 9.90 Å². The number of para-hydroxylation sites is 1. The van der Waals surface area contributed by atoms with Gasteiger partial charge in [-0.25, -0.2) is 0 Å². The Labute approximate surface area is 112 Å². The molecule has 0 saturated carbocycles. The van der Waals surface area contributed by atoms with E-state index in [1.165, 1.54) is 0 Å². The van der Waals surface area contributed by atoms with Crippen molar-refractivity contribution in [2.75, 3.05) is 6.54 Å². The molecule has 0 saturated heterocycles. The summed E-state index contributed by atoms with van der Waals surface area (Å²) in [5.74, 6) is 0.0316. The van der Waals surface area contributed by atoms with Gasteiger partial charge in [0.05, 0.1) is 18.0 Å². The number of amides is 1. The molecule has 0 unspecified atom stereocenters. The van der Waals surface area contributed by atoms with Crippen LogP contribution < -0.4 is 5.73 Å². The molecule has 4 nitrogen and oxygen atoms in total. The highest BCUT2D eigenvalue weighted by molar-refractivity contribution is 7.80. The molecule has 1 amide bonds. The first-order chi connectivity index (χ1) is 8.41. The van der Waals surface area contributed by atoms with Gasteiger partial charge in [-0.2, -0.15) is 0 Å². The molecule has 98 valence electrons. The Morgan fingerprint density at radius 2 is 2.06 bits per heavy atom. The van der Waals surface area contributed by atoms with Gasteiger partial charge in [-0.1, -0.05) is 30.4 Å². The predicted octanol–water partition coefficient (Wildman–Crippen LogP) is 1.46. The van der Waals surface area contributed by atoms with Gasteiger partial charge in [0, 0.05) is 11.6 Å². The minimum absolute atomic E-state index is 0.0184. The first-order valence-electron chi connectivity index (χ1n) is 5.76. The lowest BCUT2D eigenvalue weighted by Gasteiger charge is -2.26. The SMILES string of the molecule is CC(C)N(CC(N)=S)C(=O)Cc1ccccc1O. The topological polar surface area (TPSA) is 66.6 Å². The second-order valence-corrected chi connectivity index (χ2v) is 4.91. The molecule has 18 heavy (non-hydrogen) atoms. The van der Waals surface area contributed by atoms with Crippen LogP contribution in [0.15, 0.2) is 24.3 Å². The Morgan fingerprint density at radius 1 is 1.44 bits per heavy atom. The average molecular weight is 266 g/mol. The van der Waals surface area contributed by atoms with E-state index in [0.717, 1.165) is 0 Å². The lowest BCUT2D eigenvalue weighted by molar-refractivity contribution is -0.131. The van der Waals surface area contributed by atoms with Gasteiger partial charge in [-0.05, 0) is 19.9 Å². The van der Waals surface area contributed by atoms with E-state index in [2.05, 4.69) is 0 Å². The zero-order chi connectivity index (χ0) is 13.7. The van der Waals surface area contributed by atoms with Crippen molar-refractivity contribution in [2.45, 2.75) is 26.3 Å². The molecule has 0 aliphatic heterocycles.